The van der Waals surface area contributed by atoms with Crippen LogP contribution in [0.15, 0.2) is 150 Å². The second-order valence-electron chi connectivity index (χ2n) is 19.2. The number of hydrogen-bond acceptors (Lipinski definition) is 3. The molecule has 2 aliphatic rings. The zero-order valence-electron chi connectivity index (χ0n) is 35.2. The standard InChI is InChI=1S/C52H54N2OSi2/c1-51(2)45-33-39(53(35-17-13-11-14-18-35)37-21-27-41(28-22-37)56(5,6)7)25-31-43(45)49-47(51)48-50(55-49)44-32-26-40(34-46(44)52(48,3)4)54(36-19-15-12-16-20-36)38-23-29-42(30-24-38)57(8,9)10/h11-34H,1-10H3. The van der Waals surface area contributed by atoms with Gasteiger partial charge in [0.05, 0.1) is 16.1 Å². The van der Waals surface area contributed by atoms with Gasteiger partial charge < -0.3 is 14.2 Å². The Morgan fingerprint density at radius 3 is 1.04 bits per heavy atom. The summed E-state index contributed by atoms with van der Waals surface area (Å²) in [4.78, 5) is 4.79. The van der Waals surface area contributed by atoms with Gasteiger partial charge in [0.2, 0.25) is 0 Å². The van der Waals surface area contributed by atoms with E-state index in [0.717, 1.165) is 34.3 Å². The molecule has 5 heteroatoms. The van der Waals surface area contributed by atoms with Crippen molar-refractivity contribution in [3.63, 3.8) is 0 Å². The first-order valence-electron chi connectivity index (χ1n) is 20.4. The molecule has 0 bridgehead atoms. The van der Waals surface area contributed by atoms with Crippen LogP contribution in [-0.4, -0.2) is 16.1 Å². The molecule has 0 saturated heterocycles. The maximum atomic E-state index is 7.10. The molecule has 2 aliphatic carbocycles. The number of benzene rings is 6. The third kappa shape index (κ3) is 6.06. The lowest BCUT2D eigenvalue weighted by Gasteiger charge is -2.30. The molecule has 6 aromatic carbocycles. The lowest BCUT2D eigenvalue weighted by Crippen LogP contribution is -2.37. The zero-order valence-corrected chi connectivity index (χ0v) is 37.2. The number of rotatable bonds is 8. The largest absolute Gasteiger partial charge is 0.455 e. The highest BCUT2D eigenvalue weighted by molar-refractivity contribution is 6.89. The lowest BCUT2D eigenvalue weighted by atomic mass is 9.74. The average Bonchev–Trinajstić information content (AvgIpc) is 3.76. The lowest BCUT2D eigenvalue weighted by molar-refractivity contribution is 0.592. The molecule has 0 aliphatic heterocycles. The first kappa shape index (κ1) is 37.2. The SMILES string of the molecule is CC1(C)c2cc(N(c3ccccc3)c3ccc([Si](C)(C)C)cc3)ccc2-c2oc3c(c21)C(C)(C)c1cc(N(c2ccccc2)c2ccc([Si](C)(C)C)cc2)ccc1-3. The third-order valence-corrected chi connectivity index (χ3v) is 16.7. The van der Waals surface area contributed by atoms with Gasteiger partial charge in [0.25, 0.3) is 0 Å². The second kappa shape index (κ2) is 13.1. The number of hydrogen-bond donors (Lipinski definition) is 0. The third-order valence-electron chi connectivity index (χ3n) is 12.5. The molecule has 0 fully saturated rings. The molecule has 1 aromatic heterocycles. The fourth-order valence-corrected chi connectivity index (χ4v) is 11.6. The van der Waals surface area contributed by atoms with E-state index < -0.39 is 16.1 Å². The molecule has 0 atom stereocenters. The van der Waals surface area contributed by atoms with Crippen LogP contribution in [0, 0.1) is 0 Å². The molecule has 0 unspecified atom stereocenters. The summed E-state index contributed by atoms with van der Waals surface area (Å²) < 4.78 is 7.10. The normalized spacial score (nSPS) is 14.8. The number of fused-ring (bicyclic) bond motifs is 7. The minimum atomic E-state index is -1.43. The van der Waals surface area contributed by atoms with E-state index in [1.54, 1.807) is 0 Å². The van der Waals surface area contributed by atoms with Gasteiger partial charge in [0.1, 0.15) is 11.5 Å². The molecule has 0 spiro atoms. The van der Waals surface area contributed by atoms with Crippen LogP contribution < -0.4 is 20.2 Å². The van der Waals surface area contributed by atoms with Crippen molar-refractivity contribution in [1.82, 2.24) is 0 Å². The molecule has 57 heavy (non-hydrogen) atoms. The molecule has 7 aromatic rings. The zero-order chi connectivity index (χ0) is 40.1. The van der Waals surface area contributed by atoms with E-state index >= 15 is 0 Å². The summed E-state index contributed by atoms with van der Waals surface area (Å²) >= 11 is 0. The van der Waals surface area contributed by atoms with Crippen molar-refractivity contribution in [3.05, 3.63) is 168 Å². The summed E-state index contributed by atoms with van der Waals surface area (Å²) in [5.74, 6) is 2.04. The number of para-hydroxylation sites is 2. The summed E-state index contributed by atoms with van der Waals surface area (Å²) in [6, 6.07) is 54.0. The molecule has 0 radical (unpaired) electrons. The first-order chi connectivity index (χ1) is 27.0. The molecular weight excluding hydrogens is 725 g/mol. The Hall–Kier alpha value is -5.37. The topological polar surface area (TPSA) is 19.6 Å². The molecule has 0 saturated carbocycles. The maximum Gasteiger partial charge on any atom is 0.139 e. The summed E-state index contributed by atoms with van der Waals surface area (Å²) in [6.45, 7) is 24.0. The molecular formula is C52H54N2OSi2. The predicted molar refractivity (Wildman–Crippen MR) is 249 cm³/mol. The number of furan rings is 1. The van der Waals surface area contributed by atoms with Gasteiger partial charge in [-0.2, -0.15) is 0 Å². The van der Waals surface area contributed by atoms with Gasteiger partial charge in [-0.05, 0) is 96.1 Å². The minimum absolute atomic E-state index is 0.266. The summed E-state index contributed by atoms with van der Waals surface area (Å²) in [7, 11) is -2.87. The van der Waals surface area contributed by atoms with Crippen molar-refractivity contribution < 1.29 is 4.42 Å². The highest BCUT2D eigenvalue weighted by atomic mass is 28.3. The van der Waals surface area contributed by atoms with Crippen molar-refractivity contribution in [2.24, 2.45) is 0 Å². The van der Waals surface area contributed by atoms with E-state index in [9.17, 15) is 0 Å². The van der Waals surface area contributed by atoms with Gasteiger partial charge in [-0.1, -0.05) is 138 Å². The molecule has 0 N–H and O–H groups in total. The Morgan fingerprint density at radius 1 is 0.386 bits per heavy atom. The van der Waals surface area contributed by atoms with Gasteiger partial charge in [0.15, 0.2) is 0 Å². The van der Waals surface area contributed by atoms with Gasteiger partial charge in [-0.25, -0.2) is 0 Å². The molecule has 9 rings (SSSR count). The second-order valence-corrected chi connectivity index (χ2v) is 29.3. The van der Waals surface area contributed by atoms with Crippen LogP contribution >= 0.6 is 0 Å². The molecule has 0 amide bonds. The van der Waals surface area contributed by atoms with E-state index in [1.165, 1.54) is 55.1 Å². The highest BCUT2D eigenvalue weighted by Gasteiger charge is 2.50. The van der Waals surface area contributed by atoms with Gasteiger partial charge >= 0.3 is 0 Å². The Kier molecular flexibility index (Phi) is 8.55. The fraction of sp³-hybridized carbons (Fsp3) is 0.231. The van der Waals surface area contributed by atoms with Gasteiger partial charge in [0, 0.05) is 67.2 Å². The van der Waals surface area contributed by atoms with Crippen LogP contribution in [0.5, 0.6) is 0 Å². The predicted octanol–water partition coefficient (Wildman–Crippen LogP) is 13.9. The average molecular weight is 779 g/mol. The summed E-state index contributed by atoms with van der Waals surface area (Å²) in [5.41, 5.74) is 14.1. The van der Waals surface area contributed by atoms with E-state index in [0.29, 0.717) is 0 Å². The quantitative estimate of drug-likeness (QED) is 0.143. The van der Waals surface area contributed by atoms with Crippen LogP contribution in [0.25, 0.3) is 22.6 Å². The van der Waals surface area contributed by atoms with Crippen LogP contribution in [0.4, 0.5) is 34.1 Å². The fourth-order valence-electron chi connectivity index (χ4n) is 9.31. The van der Waals surface area contributed by atoms with Crippen LogP contribution in [0.2, 0.25) is 39.3 Å². The van der Waals surface area contributed by atoms with Crippen molar-refractivity contribution >= 4 is 60.6 Å². The monoisotopic (exact) mass is 778 g/mol. The Balaban J connectivity index is 1.12. The smallest absolute Gasteiger partial charge is 0.139 e. The summed E-state index contributed by atoms with van der Waals surface area (Å²) in [5, 5.41) is 2.93. The Bertz CT molecular complexity index is 2440. The van der Waals surface area contributed by atoms with E-state index in [4.69, 9.17) is 4.42 Å². The van der Waals surface area contributed by atoms with E-state index in [-0.39, 0.29) is 10.8 Å². The minimum Gasteiger partial charge on any atom is -0.455 e. The maximum absolute atomic E-state index is 7.10. The van der Waals surface area contributed by atoms with Crippen molar-refractivity contribution in [2.45, 2.75) is 77.8 Å². The van der Waals surface area contributed by atoms with Crippen LogP contribution in [-0.2, 0) is 10.8 Å². The van der Waals surface area contributed by atoms with Crippen molar-refractivity contribution in [2.75, 3.05) is 9.80 Å². The number of nitrogens with zero attached hydrogens (tertiary/aromatic N) is 2. The van der Waals surface area contributed by atoms with Crippen LogP contribution in [0.3, 0.4) is 0 Å². The first-order valence-corrected chi connectivity index (χ1v) is 27.4. The van der Waals surface area contributed by atoms with Gasteiger partial charge in [-0.15, -0.1) is 0 Å². The Morgan fingerprint density at radius 2 is 0.702 bits per heavy atom. The molecule has 286 valence electrons. The Labute approximate surface area is 341 Å². The summed E-state index contributed by atoms with van der Waals surface area (Å²) in [6.07, 6.45) is 0. The van der Waals surface area contributed by atoms with Gasteiger partial charge in [-0.3, -0.25) is 0 Å². The van der Waals surface area contributed by atoms with Crippen LogP contribution in [0.1, 0.15) is 49.9 Å². The highest BCUT2D eigenvalue weighted by Crippen LogP contribution is 2.62. The van der Waals surface area contributed by atoms with Crippen molar-refractivity contribution in [3.8, 4) is 22.6 Å². The van der Waals surface area contributed by atoms with Crippen molar-refractivity contribution in [1.29, 1.82) is 0 Å². The van der Waals surface area contributed by atoms with E-state index in [2.05, 4.69) is 222 Å². The molecule has 1 heterocycles. The molecule has 3 nitrogen and oxygen atoms in total. The number of anilines is 6. The van der Waals surface area contributed by atoms with E-state index in [1.807, 2.05) is 0 Å².